The minimum absolute atomic E-state index is 0.153. The first-order valence-corrected chi connectivity index (χ1v) is 8.27. The van der Waals surface area contributed by atoms with Gasteiger partial charge >= 0.3 is 0 Å². The summed E-state index contributed by atoms with van der Waals surface area (Å²) in [4.78, 5) is 0. The molecule has 1 atom stereocenters. The van der Waals surface area contributed by atoms with Crippen molar-refractivity contribution in [2.24, 2.45) is 17.3 Å². The maximum absolute atomic E-state index is 13.4. The fourth-order valence-corrected chi connectivity index (χ4v) is 3.67. The molecular formula is C18H26ClFO. The van der Waals surface area contributed by atoms with Gasteiger partial charge in [0, 0.05) is 6.42 Å². The lowest BCUT2D eigenvalue weighted by Gasteiger charge is -2.38. The highest BCUT2D eigenvalue weighted by Gasteiger charge is 2.32. The molecule has 1 aromatic rings. The van der Waals surface area contributed by atoms with E-state index in [9.17, 15) is 9.50 Å². The topological polar surface area (TPSA) is 20.2 Å². The quantitative estimate of drug-likeness (QED) is 0.809. The van der Waals surface area contributed by atoms with E-state index >= 15 is 0 Å². The lowest BCUT2D eigenvalue weighted by molar-refractivity contribution is 0.0537. The van der Waals surface area contributed by atoms with Gasteiger partial charge in [0.15, 0.2) is 0 Å². The fourth-order valence-electron chi connectivity index (χ4n) is 3.47. The van der Waals surface area contributed by atoms with Gasteiger partial charge in [-0.1, -0.05) is 44.5 Å². The maximum atomic E-state index is 13.4. The van der Waals surface area contributed by atoms with E-state index in [1.54, 1.807) is 12.1 Å². The number of hydrogen-bond acceptors (Lipinski definition) is 1. The summed E-state index contributed by atoms with van der Waals surface area (Å²) in [6.07, 6.45) is 4.46. The molecule has 1 nitrogen and oxygen atoms in total. The highest BCUT2D eigenvalue weighted by Crippen LogP contribution is 2.41. The molecule has 3 heteroatoms. The second kappa shape index (κ2) is 6.66. The molecular weight excluding hydrogens is 287 g/mol. The van der Waals surface area contributed by atoms with Crippen molar-refractivity contribution < 1.29 is 9.50 Å². The Bertz CT molecular complexity index is 473. The van der Waals surface area contributed by atoms with E-state index in [1.807, 2.05) is 0 Å². The summed E-state index contributed by atoms with van der Waals surface area (Å²) < 4.78 is 13.4. The third-order valence-corrected chi connectivity index (χ3v) is 5.42. The SMILES string of the molecule is CC(C)(C)C1CCC(C(O)Cc2cccc(F)c2Cl)CC1. The average molecular weight is 313 g/mol. The van der Waals surface area contributed by atoms with Crippen LogP contribution in [0.15, 0.2) is 18.2 Å². The Hall–Kier alpha value is -0.600. The third-order valence-electron chi connectivity index (χ3n) is 5.00. The molecule has 21 heavy (non-hydrogen) atoms. The third kappa shape index (κ3) is 4.20. The number of halogens is 2. The second-order valence-corrected chi connectivity index (χ2v) is 7.84. The van der Waals surface area contributed by atoms with Crippen molar-refractivity contribution in [1.82, 2.24) is 0 Å². The largest absolute Gasteiger partial charge is 0.392 e. The van der Waals surface area contributed by atoms with E-state index < -0.39 is 11.9 Å². The zero-order chi connectivity index (χ0) is 15.6. The van der Waals surface area contributed by atoms with Gasteiger partial charge in [-0.05, 0) is 54.6 Å². The number of benzene rings is 1. The van der Waals surface area contributed by atoms with Crippen molar-refractivity contribution in [1.29, 1.82) is 0 Å². The van der Waals surface area contributed by atoms with Crippen LogP contribution in [0.4, 0.5) is 4.39 Å². The molecule has 0 aliphatic heterocycles. The van der Waals surface area contributed by atoms with Crippen LogP contribution in [-0.4, -0.2) is 11.2 Å². The van der Waals surface area contributed by atoms with Crippen molar-refractivity contribution >= 4 is 11.6 Å². The van der Waals surface area contributed by atoms with Gasteiger partial charge < -0.3 is 5.11 Å². The van der Waals surface area contributed by atoms with Crippen LogP contribution in [0.2, 0.25) is 5.02 Å². The van der Waals surface area contributed by atoms with Gasteiger partial charge in [-0.3, -0.25) is 0 Å². The standard InChI is InChI=1S/C18H26ClFO/c1-18(2,3)14-9-7-12(8-10-14)16(21)11-13-5-4-6-15(20)17(13)19/h4-6,12,14,16,21H,7-11H2,1-3H3. The van der Waals surface area contributed by atoms with Crippen molar-refractivity contribution in [3.05, 3.63) is 34.6 Å². The van der Waals surface area contributed by atoms with Gasteiger partial charge in [-0.15, -0.1) is 0 Å². The predicted molar refractivity (Wildman–Crippen MR) is 86.0 cm³/mol. The summed E-state index contributed by atoms with van der Waals surface area (Å²) in [5, 5.41) is 10.6. The van der Waals surface area contributed by atoms with E-state index in [2.05, 4.69) is 20.8 Å². The molecule has 0 aromatic heterocycles. The zero-order valence-electron chi connectivity index (χ0n) is 13.2. The van der Waals surface area contributed by atoms with Gasteiger partial charge in [0.25, 0.3) is 0 Å². The molecule has 2 rings (SSSR count). The summed E-state index contributed by atoms with van der Waals surface area (Å²) in [5.74, 6) is 0.638. The lowest BCUT2D eigenvalue weighted by Crippen LogP contribution is -2.31. The van der Waals surface area contributed by atoms with Gasteiger partial charge in [0.2, 0.25) is 0 Å². The minimum Gasteiger partial charge on any atom is -0.392 e. The molecule has 1 aliphatic rings. The van der Waals surface area contributed by atoms with Crippen LogP contribution in [0, 0.1) is 23.1 Å². The van der Waals surface area contributed by atoms with Crippen LogP contribution in [0.3, 0.4) is 0 Å². The molecule has 0 amide bonds. The second-order valence-electron chi connectivity index (χ2n) is 7.46. The normalized spacial score (nSPS) is 24.9. The van der Waals surface area contributed by atoms with Crippen LogP contribution in [0.25, 0.3) is 0 Å². The molecule has 1 aromatic carbocycles. The Labute approximate surface area is 132 Å². The first-order chi connectivity index (χ1) is 9.79. The Balaban J connectivity index is 1.93. The summed E-state index contributed by atoms with van der Waals surface area (Å²) in [6, 6.07) is 4.81. The summed E-state index contributed by atoms with van der Waals surface area (Å²) in [5.41, 5.74) is 1.06. The average Bonchev–Trinajstić information content (AvgIpc) is 2.43. The van der Waals surface area contributed by atoms with Gasteiger partial charge in [0.05, 0.1) is 11.1 Å². The van der Waals surface area contributed by atoms with E-state index in [0.29, 0.717) is 23.3 Å². The Kier molecular flexibility index (Phi) is 5.32. The molecule has 1 unspecified atom stereocenters. The van der Waals surface area contributed by atoms with Gasteiger partial charge in [0.1, 0.15) is 5.82 Å². The smallest absolute Gasteiger partial charge is 0.142 e. The van der Waals surface area contributed by atoms with E-state index in [-0.39, 0.29) is 5.02 Å². The summed E-state index contributed by atoms with van der Waals surface area (Å²) in [7, 11) is 0. The Morgan fingerprint density at radius 2 is 1.86 bits per heavy atom. The Morgan fingerprint density at radius 1 is 1.24 bits per heavy atom. The van der Waals surface area contributed by atoms with E-state index in [4.69, 9.17) is 11.6 Å². The molecule has 1 N–H and O–H groups in total. The zero-order valence-corrected chi connectivity index (χ0v) is 14.0. The van der Waals surface area contributed by atoms with Crippen LogP contribution >= 0.6 is 11.6 Å². The number of hydrogen-bond donors (Lipinski definition) is 1. The van der Waals surface area contributed by atoms with Crippen molar-refractivity contribution in [3.63, 3.8) is 0 Å². The number of aliphatic hydroxyl groups excluding tert-OH is 1. The molecule has 0 radical (unpaired) electrons. The maximum Gasteiger partial charge on any atom is 0.142 e. The van der Waals surface area contributed by atoms with Gasteiger partial charge in [-0.25, -0.2) is 4.39 Å². The van der Waals surface area contributed by atoms with Crippen molar-refractivity contribution in [2.75, 3.05) is 0 Å². The molecule has 0 spiro atoms. The van der Waals surface area contributed by atoms with Crippen LogP contribution in [0.5, 0.6) is 0 Å². The highest BCUT2D eigenvalue weighted by atomic mass is 35.5. The van der Waals surface area contributed by atoms with E-state index in [1.165, 1.54) is 18.9 Å². The monoisotopic (exact) mass is 312 g/mol. The fraction of sp³-hybridized carbons (Fsp3) is 0.667. The molecule has 1 aliphatic carbocycles. The molecule has 0 bridgehead atoms. The van der Waals surface area contributed by atoms with Crippen molar-refractivity contribution in [3.8, 4) is 0 Å². The number of aliphatic hydroxyl groups is 1. The van der Waals surface area contributed by atoms with Gasteiger partial charge in [-0.2, -0.15) is 0 Å². The van der Waals surface area contributed by atoms with Crippen LogP contribution in [0.1, 0.15) is 52.0 Å². The Morgan fingerprint density at radius 3 is 2.43 bits per heavy atom. The summed E-state index contributed by atoms with van der Waals surface area (Å²) >= 11 is 5.97. The lowest BCUT2D eigenvalue weighted by atomic mass is 9.68. The minimum atomic E-state index is -0.426. The molecule has 1 fully saturated rings. The van der Waals surface area contributed by atoms with E-state index in [0.717, 1.165) is 18.8 Å². The molecule has 1 saturated carbocycles. The number of rotatable bonds is 3. The molecule has 0 saturated heterocycles. The first-order valence-electron chi connectivity index (χ1n) is 7.90. The molecule has 118 valence electrons. The predicted octanol–water partition coefficient (Wildman–Crippen LogP) is 5.24. The summed E-state index contributed by atoms with van der Waals surface area (Å²) in [6.45, 7) is 6.88. The highest BCUT2D eigenvalue weighted by molar-refractivity contribution is 6.31. The first kappa shape index (κ1) is 16.8. The van der Waals surface area contributed by atoms with Crippen molar-refractivity contribution in [2.45, 2.75) is 59.0 Å². The van der Waals surface area contributed by atoms with Crippen LogP contribution in [-0.2, 0) is 6.42 Å². The van der Waals surface area contributed by atoms with Crippen LogP contribution < -0.4 is 0 Å². The molecule has 0 heterocycles.